The number of nitrogens with zero attached hydrogens (tertiary/aromatic N) is 1. The van der Waals surface area contributed by atoms with Crippen LogP contribution in [0.15, 0.2) is 29.2 Å². The number of benzene rings is 1. The number of carbonyl (C=O) groups is 1. The lowest BCUT2D eigenvalue weighted by atomic mass is 10.00. The van der Waals surface area contributed by atoms with Gasteiger partial charge in [0.2, 0.25) is 10.0 Å². The van der Waals surface area contributed by atoms with Crippen LogP contribution in [-0.2, 0) is 14.8 Å². The zero-order chi connectivity index (χ0) is 14.0. The number of aliphatic carboxylic acids is 1. The summed E-state index contributed by atoms with van der Waals surface area (Å²) in [5.41, 5.74) is 0. The number of carboxylic acids is 1. The molecule has 0 radical (unpaired) electrons. The first-order chi connectivity index (χ1) is 8.93. The molecule has 1 heterocycles. The summed E-state index contributed by atoms with van der Waals surface area (Å²) in [5, 5.41) is 8.63. The molecule has 0 amide bonds. The summed E-state index contributed by atoms with van der Waals surface area (Å²) in [6, 6.07) is 6.14. The van der Waals surface area contributed by atoms with Gasteiger partial charge in [0.1, 0.15) is 5.75 Å². The van der Waals surface area contributed by atoms with E-state index < -0.39 is 16.0 Å². The Kier molecular flexibility index (Phi) is 3.77. The van der Waals surface area contributed by atoms with E-state index >= 15 is 0 Å². The van der Waals surface area contributed by atoms with Gasteiger partial charge in [-0.1, -0.05) is 0 Å². The highest BCUT2D eigenvalue weighted by molar-refractivity contribution is 7.89. The van der Waals surface area contributed by atoms with Gasteiger partial charge in [0, 0.05) is 13.1 Å². The van der Waals surface area contributed by atoms with Crippen molar-refractivity contribution in [2.75, 3.05) is 20.2 Å². The van der Waals surface area contributed by atoms with Crippen molar-refractivity contribution in [1.82, 2.24) is 4.31 Å². The SMILES string of the molecule is COc1ccc(S(=O)(=O)N2CC(CC(=O)O)C2)cc1. The van der Waals surface area contributed by atoms with Crippen LogP contribution in [0.4, 0.5) is 0 Å². The smallest absolute Gasteiger partial charge is 0.303 e. The highest BCUT2D eigenvalue weighted by atomic mass is 32.2. The molecule has 0 spiro atoms. The van der Waals surface area contributed by atoms with Crippen LogP contribution < -0.4 is 4.74 Å². The standard InChI is InChI=1S/C12H15NO5S/c1-18-10-2-4-11(5-3-10)19(16,17)13-7-9(8-13)6-12(14)15/h2-5,9H,6-8H2,1H3,(H,14,15). The summed E-state index contributed by atoms with van der Waals surface area (Å²) < 4.78 is 30.6. The van der Waals surface area contributed by atoms with Gasteiger partial charge >= 0.3 is 5.97 Å². The number of hydrogen-bond acceptors (Lipinski definition) is 4. The number of methoxy groups -OCH3 is 1. The van der Waals surface area contributed by atoms with Crippen LogP contribution in [0.1, 0.15) is 6.42 Å². The molecule has 19 heavy (non-hydrogen) atoms. The van der Waals surface area contributed by atoms with E-state index in [1.54, 1.807) is 12.1 Å². The second kappa shape index (κ2) is 5.18. The first kappa shape index (κ1) is 13.8. The molecule has 1 aliphatic rings. The zero-order valence-electron chi connectivity index (χ0n) is 10.4. The third kappa shape index (κ3) is 2.87. The van der Waals surface area contributed by atoms with Crippen LogP contribution in [0.5, 0.6) is 5.75 Å². The topological polar surface area (TPSA) is 83.9 Å². The Balaban J connectivity index is 2.05. The van der Waals surface area contributed by atoms with Crippen molar-refractivity contribution in [3.63, 3.8) is 0 Å². The van der Waals surface area contributed by atoms with Gasteiger partial charge in [-0.15, -0.1) is 0 Å². The van der Waals surface area contributed by atoms with Crippen molar-refractivity contribution in [3.8, 4) is 5.75 Å². The van der Waals surface area contributed by atoms with Crippen LogP contribution in [0.3, 0.4) is 0 Å². The number of sulfonamides is 1. The lowest BCUT2D eigenvalue weighted by molar-refractivity contribution is -0.139. The van der Waals surface area contributed by atoms with E-state index in [0.29, 0.717) is 5.75 Å². The van der Waals surface area contributed by atoms with E-state index in [1.807, 2.05) is 0 Å². The second-order valence-corrected chi connectivity index (χ2v) is 6.40. The highest BCUT2D eigenvalue weighted by Gasteiger charge is 2.37. The Labute approximate surface area is 111 Å². The lowest BCUT2D eigenvalue weighted by Crippen LogP contribution is -2.50. The van der Waals surface area contributed by atoms with Gasteiger partial charge in [-0.05, 0) is 30.2 Å². The number of carboxylic acid groups (broad SMARTS) is 1. The monoisotopic (exact) mass is 285 g/mol. The van der Waals surface area contributed by atoms with Gasteiger partial charge < -0.3 is 9.84 Å². The fraction of sp³-hybridized carbons (Fsp3) is 0.417. The van der Waals surface area contributed by atoms with Gasteiger partial charge in [-0.2, -0.15) is 4.31 Å². The van der Waals surface area contributed by atoms with Crippen molar-refractivity contribution < 1.29 is 23.1 Å². The lowest BCUT2D eigenvalue weighted by Gasteiger charge is -2.37. The number of rotatable bonds is 5. The van der Waals surface area contributed by atoms with Gasteiger partial charge in [-0.25, -0.2) is 8.42 Å². The Morgan fingerprint density at radius 2 is 1.95 bits per heavy atom. The molecule has 7 heteroatoms. The molecular formula is C12H15NO5S. The van der Waals surface area contributed by atoms with Crippen LogP contribution in [-0.4, -0.2) is 44.0 Å². The maximum Gasteiger partial charge on any atom is 0.303 e. The van der Waals surface area contributed by atoms with E-state index in [2.05, 4.69) is 0 Å². The minimum Gasteiger partial charge on any atom is -0.497 e. The van der Waals surface area contributed by atoms with Crippen LogP contribution in [0.25, 0.3) is 0 Å². The van der Waals surface area contributed by atoms with E-state index in [0.717, 1.165) is 0 Å². The summed E-state index contributed by atoms with van der Waals surface area (Å²) in [5.74, 6) is -0.400. The summed E-state index contributed by atoms with van der Waals surface area (Å²) in [4.78, 5) is 10.7. The third-order valence-electron chi connectivity index (χ3n) is 3.08. The first-order valence-corrected chi connectivity index (χ1v) is 7.23. The fourth-order valence-corrected chi connectivity index (χ4v) is 3.58. The van der Waals surface area contributed by atoms with Gasteiger partial charge in [-0.3, -0.25) is 4.79 Å². The average Bonchev–Trinajstić information content (AvgIpc) is 2.33. The van der Waals surface area contributed by atoms with E-state index in [4.69, 9.17) is 9.84 Å². The summed E-state index contributed by atoms with van der Waals surface area (Å²) in [6.45, 7) is 0.529. The predicted octanol–water partition coefficient (Wildman–Crippen LogP) is 0.790. The molecule has 1 aliphatic heterocycles. The predicted molar refractivity (Wildman–Crippen MR) is 67.5 cm³/mol. The first-order valence-electron chi connectivity index (χ1n) is 5.79. The summed E-state index contributed by atoms with van der Waals surface area (Å²) in [6.07, 6.45) is 0.00856. The van der Waals surface area contributed by atoms with Crippen LogP contribution in [0, 0.1) is 5.92 Å². The molecule has 6 nitrogen and oxygen atoms in total. The maximum atomic E-state index is 12.2. The minimum atomic E-state index is -3.51. The molecule has 0 bridgehead atoms. The van der Waals surface area contributed by atoms with E-state index in [1.165, 1.54) is 23.5 Å². The molecule has 0 aliphatic carbocycles. The second-order valence-electron chi connectivity index (χ2n) is 4.46. The minimum absolute atomic E-state index is 0.00856. The molecule has 0 aromatic heterocycles. The Bertz CT molecular complexity index is 560. The number of hydrogen-bond donors (Lipinski definition) is 1. The summed E-state index contributed by atoms with van der Waals surface area (Å²) >= 11 is 0. The molecule has 1 aromatic carbocycles. The number of ether oxygens (including phenoxy) is 1. The van der Waals surface area contributed by atoms with Crippen molar-refractivity contribution in [2.24, 2.45) is 5.92 Å². The average molecular weight is 285 g/mol. The third-order valence-corrected chi connectivity index (χ3v) is 4.93. The Morgan fingerprint density at radius 1 is 1.37 bits per heavy atom. The fourth-order valence-electron chi connectivity index (χ4n) is 1.99. The van der Waals surface area contributed by atoms with E-state index in [-0.39, 0.29) is 30.3 Å². The molecule has 0 saturated carbocycles. The molecule has 0 unspecified atom stereocenters. The van der Waals surface area contributed by atoms with Crippen molar-refractivity contribution in [2.45, 2.75) is 11.3 Å². The largest absolute Gasteiger partial charge is 0.497 e. The van der Waals surface area contributed by atoms with E-state index in [9.17, 15) is 13.2 Å². The maximum absolute atomic E-state index is 12.2. The molecule has 2 rings (SSSR count). The zero-order valence-corrected chi connectivity index (χ0v) is 11.3. The molecule has 1 fully saturated rings. The van der Waals surface area contributed by atoms with Crippen LogP contribution >= 0.6 is 0 Å². The molecular weight excluding hydrogens is 270 g/mol. The Hall–Kier alpha value is -1.60. The van der Waals surface area contributed by atoms with Crippen molar-refractivity contribution >= 4 is 16.0 Å². The Morgan fingerprint density at radius 3 is 2.42 bits per heavy atom. The summed E-state index contributed by atoms with van der Waals surface area (Å²) in [7, 11) is -2.00. The molecule has 1 saturated heterocycles. The van der Waals surface area contributed by atoms with Crippen LogP contribution in [0.2, 0.25) is 0 Å². The highest BCUT2D eigenvalue weighted by Crippen LogP contribution is 2.27. The molecule has 1 N–H and O–H groups in total. The normalized spacial score (nSPS) is 16.9. The van der Waals surface area contributed by atoms with Gasteiger partial charge in [0.15, 0.2) is 0 Å². The van der Waals surface area contributed by atoms with Gasteiger partial charge in [0.05, 0.1) is 18.4 Å². The van der Waals surface area contributed by atoms with Crippen molar-refractivity contribution in [1.29, 1.82) is 0 Å². The van der Waals surface area contributed by atoms with Crippen molar-refractivity contribution in [3.05, 3.63) is 24.3 Å². The molecule has 1 aromatic rings. The quantitative estimate of drug-likeness (QED) is 0.864. The molecule has 104 valence electrons. The molecule has 0 atom stereocenters. The van der Waals surface area contributed by atoms with Gasteiger partial charge in [0.25, 0.3) is 0 Å².